The fourth-order valence-corrected chi connectivity index (χ4v) is 4.92. The number of nitrogens with zero attached hydrogens (tertiary/aromatic N) is 3. The molecule has 1 aliphatic rings. The van der Waals surface area contributed by atoms with Crippen LogP contribution < -0.4 is 25.7 Å². The third-order valence-corrected chi connectivity index (χ3v) is 6.79. The molecule has 196 valence electrons. The summed E-state index contributed by atoms with van der Waals surface area (Å²) in [6.45, 7) is 7.93. The van der Waals surface area contributed by atoms with E-state index in [2.05, 4.69) is 27.2 Å². The van der Waals surface area contributed by atoms with Crippen LogP contribution in [0.2, 0.25) is 10.0 Å². The highest BCUT2D eigenvalue weighted by molar-refractivity contribution is 6.41. The molecule has 2 N–H and O–H groups in total. The Morgan fingerprint density at radius 2 is 1.84 bits per heavy atom. The standard InChI is InChI=1S/C25H27Cl2N5O5/c1-6-19(33)29-15-10-37-11-16(15)30-25-28-9-13-7-14(24(34)32(12(2)3)23(13)31-25)20-21(26)17(35-4)8-18(36-5)22(20)27/h6-9,12,15-16H,1,10-11H2,2-5H3,(H,29,33)(H,28,30,31)/t15-,16+/m0/s1. The first-order chi connectivity index (χ1) is 17.7. The number of fused-ring (bicyclic) bond motifs is 1. The summed E-state index contributed by atoms with van der Waals surface area (Å²) < 4.78 is 17.8. The monoisotopic (exact) mass is 547 g/mol. The number of carbonyl (C=O) groups excluding carboxylic acids is 1. The second kappa shape index (κ2) is 11.0. The molecule has 1 fully saturated rings. The molecule has 1 aliphatic heterocycles. The lowest BCUT2D eigenvalue weighted by molar-refractivity contribution is -0.117. The molecule has 12 heteroatoms. The Hall–Kier alpha value is -3.34. The minimum absolute atomic E-state index is 0.188. The summed E-state index contributed by atoms with van der Waals surface area (Å²) in [5, 5.41) is 7.01. The van der Waals surface area contributed by atoms with E-state index in [1.807, 2.05) is 13.8 Å². The van der Waals surface area contributed by atoms with Gasteiger partial charge in [-0.05, 0) is 26.0 Å². The second-order valence-corrected chi connectivity index (χ2v) is 9.45. The van der Waals surface area contributed by atoms with Crippen molar-refractivity contribution in [1.29, 1.82) is 0 Å². The van der Waals surface area contributed by atoms with Gasteiger partial charge in [-0.2, -0.15) is 4.98 Å². The lowest BCUT2D eigenvalue weighted by Gasteiger charge is -2.21. The molecule has 0 bridgehead atoms. The molecule has 0 unspecified atom stereocenters. The van der Waals surface area contributed by atoms with Crippen LogP contribution in [0.25, 0.3) is 22.2 Å². The quantitative estimate of drug-likeness (QED) is 0.408. The number of pyridine rings is 1. The second-order valence-electron chi connectivity index (χ2n) is 8.69. The third-order valence-electron chi connectivity index (χ3n) is 6.04. The Balaban J connectivity index is 1.83. The molecular formula is C25H27Cl2N5O5. The van der Waals surface area contributed by atoms with Crippen molar-refractivity contribution in [1.82, 2.24) is 19.9 Å². The maximum absolute atomic E-state index is 13.8. The number of carbonyl (C=O) groups is 1. The van der Waals surface area contributed by atoms with Crippen LogP contribution in [0.15, 0.2) is 35.8 Å². The highest BCUT2D eigenvalue weighted by atomic mass is 35.5. The molecule has 0 radical (unpaired) electrons. The average molecular weight is 548 g/mol. The van der Waals surface area contributed by atoms with Gasteiger partial charge >= 0.3 is 0 Å². The Kier molecular flexibility index (Phi) is 7.91. The number of nitrogens with one attached hydrogen (secondary N) is 2. The van der Waals surface area contributed by atoms with Crippen LogP contribution in [0.4, 0.5) is 5.95 Å². The van der Waals surface area contributed by atoms with Crippen molar-refractivity contribution in [2.75, 3.05) is 32.8 Å². The van der Waals surface area contributed by atoms with Crippen molar-refractivity contribution in [2.45, 2.75) is 32.0 Å². The molecule has 3 heterocycles. The highest BCUT2D eigenvalue weighted by Gasteiger charge is 2.30. The predicted octanol–water partition coefficient (Wildman–Crippen LogP) is 3.84. The van der Waals surface area contributed by atoms with E-state index in [-0.39, 0.29) is 45.2 Å². The summed E-state index contributed by atoms with van der Waals surface area (Å²) in [5.41, 5.74) is 0.640. The minimum atomic E-state index is -0.341. The zero-order chi connectivity index (χ0) is 26.9. The van der Waals surface area contributed by atoms with Gasteiger partial charge in [0.05, 0.1) is 55.1 Å². The van der Waals surface area contributed by atoms with E-state index in [9.17, 15) is 9.59 Å². The van der Waals surface area contributed by atoms with E-state index in [4.69, 9.17) is 37.4 Å². The van der Waals surface area contributed by atoms with Gasteiger partial charge in [0.25, 0.3) is 5.56 Å². The number of methoxy groups -OCH3 is 2. The summed E-state index contributed by atoms with van der Waals surface area (Å²) in [6.07, 6.45) is 2.82. The maximum atomic E-state index is 13.8. The number of aromatic nitrogens is 3. The van der Waals surface area contributed by atoms with Crippen molar-refractivity contribution in [3.63, 3.8) is 0 Å². The maximum Gasteiger partial charge on any atom is 0.260 e. The van der Waals surface area contributed by atoms with Gasteiger partial charge < -0.3 is 24.8 Å². The third kappa shape index (κ3) is 5.09. The van der Waals surface area contributed by atoms with E-state index >= 15 is 0 Å². The van der Waals surface area contributed by atoms with Crippen LogP contribution in [-0.2, 0) is 9.53 Å². The number of hydrogen-bond donors (Lipinski definition) is 2. The van der Waals surface area contributed by atoms with Crippen molar-refractivity contribution in [2.24, 2.45) is 0 Å². The smallest absolute Gasteiger partial charge is 0.260 e. The van der Waals surface area contributed by atoms with E-state index in [1.54, 1.807) is 22.9 Å². The summed E-state index contributed by atoms with van der Waals surface area (Å²) in [4.78, 5) is 34.6. The predicted molar refractivity (Wildman–Crippen MR) is 143 cm³/mol. The van der Waals surface area contributed by atoms with Crippen molar-refractivity contribution >= 4 is 46.1 Å². The number of ether oxygens (including phenoxy) is 3. The summed E-state index contributed by atoms with van der Waals surface area (Å²) in [6, 6.07) is 2.41. The lowest BCUT2D eigenvalue weighted by atomic mass is 10.0. The van der Waals surface area contributed by atoms with E-state index in [0.717, 1.165) is 0 Å². The lowest BCUT2D eigenvalue weighted by Crippen LogP contribution is -2.45. The first kappa shape index (κ1) is 26.7. The van der Waals surface area contributed by atoms with Crippen molar-refractivity contribution in [3.8, 4) is 22.6 Å². The summed E-state index contributed by atoms with van der Waals surface area (Å²) in [5.74, 6) is 0.637. The molecule has 0 aliphatic carbocycles. The van der Waals surface area contributed by atoms with Gasteiger partial charge in [0.1, 0.15) is 17.1 Å². The van der Waals surface area contributed by atoms with Crippen molar-refractivity contribution < 1.29 is 19.0 Å². The zero-order valence-corrected chi connectivity index (χ0v) is 22.3. The molecular weight excluding hydrogens is 521 g/mol. The van der Waals surface area contributed by atoms with Crippen LogP contribution in [-0.4, -0.2) is 60.0 Å². The largest absolute Gasteiger partial charge is 0.495 e. The van der Waals surface area contributed by atoms with Crippen molar-refractivity contribution in [3.05, 3.63) is 51.4 Å². The molecule has 2 atom stereocenters. The fraction of sp³-hybridized carbons (Fsp3) is 0.360. The molecule has 1 amide bonds. The Morgan fingerprint density at radius 3 is 2.43 bits per heavy atom. The minimum Gasteiger partial charge on any atom is -0.495 e. The number of rotatable bonds is 8. The Labute approximate surface area is 223 Å². The normalized spacial score (nSPS) is 17.2. The first-order valence-electron chi connectivity index (χ1n) is 11.5. The summed E-state index contributed by atoms with van der Waals surface area (Å²) in [7, 11) is 2.94. The molecule has 37 heavy (non-hydrogen) atoms. The van der Waals surface area contributed by atoms with E-state index < -0.39 is 0 Å². The van der Waals surface area contributed by atoms with Crippen LogP contribution in [0.5, 0.6) is 11.5 Å². The zero-order valence-electron chi connectivity index (χ0n) is 20.8. The highest BCUT2D eigenvalue weighted by Crippen LogP contribution is 2.45. The molecule has 0 spiro atoms. The topological polar surface area (TPSA) is 117 Å². The summed E-state index contributed by atoms with van der Waals surface area (Å²) >= 11 is 13.2. The molecule has 2 aromatic heterocycles. The first-order valence-corrected chi connectivity index (χ1v) is 12.3. The molecule has 0 saturated carbocycles. The van der Waals surface area contributed by atoms with Gasteiger partial charge in [-0.1, -0.05) is 29.8 Å². The van der Waals surface area contributed by atoms with Gasteiger partial charge in [-0.3, -0.25) is 14.2 Å². The number of benzene rings is 1. The molecule has 1 aromatic carbocycles. The molecule has 10 nitrogen and oxygen atoms in total. The van der Waals surface area contributed by atoms with Gasteiger partial charge in [0.2, 0.25) is 11.9 Å². The SMILES string of the molecule is C=CC(=O)N[C@H]1COC[C@H]1Nc1ncc2cc(-c3c(Cl)c(OC)cc(OC)c3Cl)c(=O)n(C(C)C)c2n1. The van der Waals surface area contributed by atoms with Crippen LogP contribution >= 0.6 is 23.2 Å². The van der Waals surface area contributed by atoms with E-state index in [1.165, 1.54) is 20.3 Å². The molecule has 4 rings (SSSR count). The molecule has 1 saturated heterocycles. The number of halogens is 2. The Bertz CT molecular complexity index is 1400. The number of amides is 1. The number of hydrogen-bond acceptors (Lipinski definition) is 8. The van der Waals surface area contributed by atoms with Crippen LogP contribution in [0.3, 0.4) is 0 Å². The fourth-order valence-electron chi connectivity index (χ4n) is 4.22. The van der Waals surface area contributed by atoms with Gasteiger partial charge in [-0.25, -0.2) is 4.98 Å². The molecule has 3 aromatic rings. The Morgan fingerprint density at radius 1 is 1.19 bits per heavy atom. The number of anilines is 1. The van der Waals surface area contributed by atoms with Gasteiger partial charge in [0.15, 0.2) is 0 Å². The van der Waals surface area contributed by atoms with Crippen LogP contribution in [0, 0.1) is 0 Å². The van der Waals surface area contributed by atoms with Gasteiger partial charge in [-0.15, -0.1) is 0 Å². The van der Waals surface area contributed by atoms with Gasteiger partial charge in [0, 0.05) is 29.3 Å². The van der Waals surface area contributed by atoms with E-state index in [0.29, 0.717) is 47.3 Å². The van der Waals surface area contributed by atoms with Crippen LogP contribution in [0.1, 0.15) is 19.9 Å². The average Bonchev–Trinajstić information content (AvgIpc) is 3.30.